The summed E-state index contributed by atoms with van der Waals surface area (Å²) >= 11 is 0. The molecule has 1 amide bonds. The summed E-state index contributed by atoms with van der Waals surface area (Å²) in [5, 5.41) is 11.8. The molecule has 20 heavy (non-hydrogen) atoms. The second-order valence-corrected chi connectivity index (χ2v) is 4.66. The lowest BCUT2D eigenvalue weighted by atomic mass is 10.2. The number of aromatic amines is 1. The smallest absolute Gasteiger partial charge is 0.257 e. The Hall–Kier alpha value is -2.27. The lowest BCUT2D eigenvalue weighted by Crippen LogP contribution is -2.21. The van der Waals surface area contributed by atoms with E-state index in [2.05, 4.69) is 10.3 Å². The van der Waals surface area contributed by atoms with Crippen molar-refractivity contribution in [3.8, 4) is 0 Å². The van der Waals surface area contributed by atoms with Gasteiger partial charge in [-0.25, -0.2) is 0 Å². The van der Waals surface area contributed by atoms with Crippen LogP contribution >= 0.6 is 0 Å². The summed E-state index contributed by atoms with van der Waals surface area (Å²) < 4.78 is 0. The lowest BCUT2D eigenvalue weighted by molar-refractivity contribution is 0.102. The Morgan fingerprint density at radius 1 is 1.30 bits per heavy atom. The van der Waals surface area contributed by atoms with Gasteiger partial charge in [-0.15, -0.1) is 0 Å². The third-order valence-electron chi connectivity index (χ3n) is 3.20. The van der Waals surface area contributed by atoms with Crippen molar-refractivity contribution in [2.24, 2.45) is 0 Å². The molecule has 0 bridgehead atoms. The maximum absolute atomic E-state index is 12.0. The SMILES string of the molecule is Cc1[nH]ccc1C(=O)Nc1ccc(N(C)CCO)cc1. The van der Waals surface area contributed by atoms with E-state index >= 15 is 0 Å². The van der Waals surface area contributed by atoms with Gasteiger partial charge in [-0.2, -0.15) is 0 Å². The first-order chi connectivity index (χ1) is 9.61. The van der Waals surface area contributed by atoms with Crippen LogP contribution in [0.2, 0.25) is 0 Å². The number of hydrogen-bond donors (Lipinski definition) is 3. The molecular formula is C15H19N3O2. The van der Waals surface area contributed by atoms with E-state index in [4.69, 9.17) is 5.11 Å². The number of likely N-dealkylation sites (N-methyl/N-ethyl adjacent to an activating group) is 1. The molecule has 0 radical (unpaired) electrons. The molecule has 3 N–H and O–H groups in total. The molecule has 0 aliphatic heterocycles. The minimum atomic E-state index is -0.125. The van der Waals surface area contributed by atoms with Gasteiger partial charge >= 0.3 is 0 Å². The second kappa shape index (κ2) is 6.25. The highest BCUT2D eigenvalue weighted by Crippen LogP contribution is 2.17. The van der Waals surface area contributed by atoms with Crippen molar-refractivity contribution in [3.63, 3.8) is 0 Å². The van der Waals surface area contributed by atoms with Crippen molar-refractivity contribution in [3.05, 3.63) is 47.8 Å². The van der Waals surface area contributed by atoms with Gasteiger partial charge in [0.25, 0.3) is 5.91 Å². The molecule has 5 nitrogen and oxygen atoms in total. The predicted molar refractivity (Wildman–Crippen MR) is 80.3 cm³/mol. The molecule has 0 saturated carbocycles. The maximum atomic E-state index is 12.0. The molecule has 1 heterocycles. The number of hydrogen-bond acceptors (Lipinski definition) is 3. The number of aryl methyl sites for hydroxylation is 1. The number of rotatable bonds is 5. The summed E-state index contributed by atoms with van der Waals surface area (Å²) in [6.07, 6.45) is 1.75. The van der Waals surface area contributed by atoms with E-state index in [1.807, 2.05) is 43.1 Å². The molecule has 0 unspecified atom stereocenters. The Morgan fingerprint density at radius 2 is 2.00 bits per heavy atom. The number of carbonyl (C=O) groups excluding carboxylic acids is 1. The number of aliphatic hydroxyl groups is 1. The number of aromatic nitrogens is 1. The standard InChI is InChI=1S/C15H19N3O2/c1-11-14(7-8-16-11)15(20)17-12-3-5-13(6-4-12)18(2)9-10-19/h3-8,16,19H,9-10H2,1-2H3,(H,17,20). The van der Waals surface area contributed by atoms with Crippen molar-refractivity contribution in [2.45, 2.75) is 6.92 Å². The first-order valence-corrected chi connectivity index (χ1v) is 6.49. The number of H-pyrrole nitrogens is 1. The summed E-state index contributed by atoms with van der Waals surface area (Å²) in [4.78, 5) is 17.0. The molecule has 0 fully saturated rings. The van der Waals surface area contributed by atoms with Gasteiger partial charge in [-0.1, -0.05) is 0 Å². The van der Waals surface area contributed by atoms with Gasteiger partial charge in [0.05, 0.1) is 12.2 Å². The van der Waals surface area contributed by atoms with Crippen molar-refractivity contribution in [1.29, 1.82) is 0 Å². The number of anilines is 2. The molecule has 0 atom stereocenters. The summed E-state index contributed by atoms with van der Waals surface area (Å²) in [7, 11) is 1.91. The zero-order valence-electron chi connectivity index (χ0n) is 11.7. The number of benzene rings is 1. The fraction of sp³-hybridized carbons (Fsp3) is 0.267. The summed E-state index contributed by atoms with van der Waals surface area (Å²) in [5.74, 6) is -0.125. The third-order valence-corrected chi connectivity index (χ3v) is 3.20. The van der Waals surface area contributed by atoms with E-state index in [1.54, 1.807) is 12.3 Å². The Kier molecular flexibility index (Phi) is 4.42. The van der Waals surface area contributed by atoms with Crippen molar-refractivity contribution in [2.75, 3.05) is 30.4 Å². The maximum Gasteiger partial charge on any atom is 0.257 e. The average Bonchev–Trinajstić information content (AvgIpc) is 2.86. The molecule has 0 aliphatic carbocycles. The Balaban J connectivity index is 2.04. The Labute approximate surface area is 118 Å². The fourth-order valence-corrected chi connectivity index (χ4v) is 1.98. The molecule has 2 rings (SSSR count). The lowest BCUT2D eigenvalue weighted by Gasteiger charge is -2.18. The van der Waals surface area contributed by atoms with Crippen LogP contribution in [0.25, 0.3) is 0 Å². The zero-order chi connectivity index (χ0) is 14.5. The Bertz CT molecular complexity index is 575. The van der Waals surface area contributed by atoms with Crippen LogP contribution in [-0.2, 0) is 0 Å². The number of aliphatic hydroxyl groups excluding tert-OH is 1. The molecule has 0 spiro atoms. The highest BCUT2D eigenvalue weighted by molar-refractivity contribution is 6.05. The Morgan fingerprint density at radius 3 is 2.55 bits per heavy atom. The molecule has 0 aliphatic rings. The largest absolute Gasteiger partial charge is 0.395 e. The number of nitrogens with zero attached hydrogens (tertiary/aromatic N) is 1. The van der Waals surface area contributed by atoms with Gasteiger partial charge in [-0.05, 0) is 37.3 Å². The van der Waals surface area contributed by atoms with Gasteiger partial charge in [0, 0.05) is 36.9 Å². The number of amides is 1. The van der Waals surface area contributed by atoms with Crippen LogP contribution in [-0.4, -0.2) is 36.2 Å². The number of nitrogens with one attached hydrogen (secondary N) is 2. The minimum absolute atomic E-state index is 0.113. The zero-order valence-corrected chi connectivity index (χ0v) is 11.7. The van der Waals surface area contributed by atoms with Gasteiger partial charge in [0.2, 0.25) is 0 Å². The minimum Gasteiger partial charge on any atom is -0.395 e. The molecule has 5 heteroatoms. The predicted octanol–water partition coefficient (Wildman–Crippen LogP) is 2.00. The molecule has 0 saturated heterocycles. The van der Waals surface area contributed by atoms with Crippen LogP contribution < -0.4 is 10.2 Å². The van der Waals surface area contributed by atoms with Crippen LogP contribution in [0.4, 0.5) is 11.4 Å². The van der Waals surface area contributed by atoms with E-state index in [-0.39, 0.29) is 12.5 Å². The summed E-state index contributed by atoms with van der Waals surface area (Å²) in [6.45, 7) is 2.55. The van der Waals surface area contributed by atoms with Crippen molar-refractivity contribution >= 4 is 17.3 Å². The van der Waals surface area contributed by atoms with Crippen molar-refractivity contribution < 1.29 is 9.90 Å². The molecule has 1 aromatic carbocycles. The van der Waals surface area contributed by atoms with Crippen LogP contribution in [0.15, 0.2) is 36.5 Å². The van der Waals surface area contributed by atoms with E-state index < -0.39 is 0 Å². The molecule has 106 valence electrons. The summed E-state index contributed by atoms with van der Waals surface area (Å²) in [6, 6.07) is 9.28. The summed E-state index contributed by atoms with van der Waals surface area (Å²) in [5.41, 5.74) is 3.24. The monoisotopic (exact) mass is 273 g/mol. The van der Waals surface area contributed by atoms with Gasteiger partial charge < -0.3 is 20.3 Å². The van der Waals surface area contributed by atoms with E-state index in [0.717, 1.165) is 17.1 Å². The average molecular weight is 273 g/mol. The number of carbonyl (C=O) groups is 1. The van der Waals surface area contributed by atoms with E-state index in [0.29, 0.717) is 12.1 Å². The van der Waals surface area contributed by atoms with E-state index in [9.17, 15) is 4.79 Å². The fourth-order valence-electron chi connectivity index (χ4n) is 1.98. The van der Waals surface area contributed by atoms with Crippen LogP contribution in [0.5, 0.6) is 0 Å². The van der Waals surface area contributed by atoms with E-state index in [1.165, 1.54) is 0 Å². The van der Waals surface area contributed by atoms with Gasteiger partial charge in [-0.3, -0.25) is 4.79 Å². The van der Waals surface area contributed by atoms with Crippen LogP contribution in [0.3, 0.4) is 0 Å². The van der Waals surface area contributed by atoms with Gasteiger partial charge in [0.1, 0.15) is 0 Å². The normalized spacial score (nSPS) is 10.3. The molecule has 2 aromatic rings. The van der Waals surface area contributed by atoms with Gasteiger partial charge in [0.15, 0.2) is 0 Å². The first-order valence-electron chi connectivity index (χ1n) is 6.49. The molecule has 1 aromatic heterocycles. The molecular weight excluding hydrogens is 254 g/mol. The van der Waals surface area contributed by atoms with Crippen LogP contribution in [0, 0.1) is 6.92 Å². The highest BCUT2D eigenvalue weighted by atomic mass is 16.3. The van der Waals surface area contributed by atoms with Crippen LogP contribution in [0.1, 0.15) is 16.1 Å². The topological polar surface area (TPSA) is 68.4 Å². The highest BCUT2D eigenvalue weighted by Gasteiger charge is 2.09. The quantitative estimate of drug-likeness (QED) is 0.780. The second-order valence-electron chi connectivity index (χ2n) is 4.66. The first kappa shape index (κ1) is 14.1. The third kappa shape index (κ3) is 3.19. The van der Waals surface area contributed by atoms with Crippen molar-refractivity contribution in [1.82, 2.24) is 4.98 Å².